The molecule has 1 aliphatic heterocycles. The first kappa shape index (κ1) is 15.2. The van der Waals surface area contributed by atoms with Gasteiger partial charge in [0.15, 0.2) is 5.69 Å². The molecule has 2 aromatic rings. The van der Waals surface area contributed by atoms with Crippen LogP contribution in [0.1, 0.15) is 48.1 Å². The Hall–Kier alpha value is -1.67. The second-order valence-corrected chi connectivity index (χ2v) is 6.73. The first-order valence-electron chi connectivity index (χ1n) is 7.17. The lowest BCUT2D eigenvalue weighted by atomic mass is 9.99. The third-order valence-electron chi connectivity index (χ3n) is 4.05. The maximum atomic E-state index is 12.6. The number of nitrogens with zero attached hydrogens (tertiary/aromatic N) is 3. The third kappa shape index (κ3) is 2.46. The van der Waals surface area contributed by atoms with Gasteiger partial charge in [0.25, 0.3) is 5.91 Å². The standard InChI is InChI=1S/C14H18BrN5O2/c1-8(2)11-10(15)12(19-18-11)13(21)20-6-4-14(22,7-20)9-3-5-16-17-9/h3,5,8,22H,4,6-7H2,1-2H3,(H,16,17)(H,18,19). The minimum Gasteiger partial charge on any atom is -0.382 e. The normalized spacial score (nSPS) is 21.8. The molecular formula is C14H18BrN5O2. The van der Waals surface area contributed by atoms with Crippen molar-refractivity contribution < 1.29 is 9.90 Å². The van der Waals surface area contributed by atoms with Crippen LogP contribution >= 0.6 is 15.9 Å². The van der Waals surface area contributed by atoms with Gasteiger partial charge in [0, 0.05) is 19.2 Å². The van der Waals surface area contributed by atoms with Gasteiger partial charge in [0.1, 0.15) is 5.60 Å². The van der Waals surface area contributed by atoms with Crippen molar-refractivity contribution in [2.24, 2.45) is 0 Å². The van der Waals surface area contributed by atoms with Gasteiger partial charge in [-0.05, 0) is 27.9 Å². The highest BCUT2D eigenvalue weighted by Gasteiger charge is 2.41. The number of halogens is 1. The molecule has 8 heteroatoms. The average molecular weight is 368 g/mol. The highest BCUT2D eigenvalue weighted by Crippen LogP contribution is 2.33. The van der Waals surface area contributed by atoms with Crippen LogP contribution in [-0.4, -0.2) is 49.4 Å². The number of likely N-dealkylation sites (tertiary alicyclic amines) is 1. The van der Waals surface area contributed by atoms with Crippen LogP contribution in [0.15, 0.2) is 16.7 Å². The Kier molecular flexibility index (Phi) is 3.82. The van der Waals surface area contributed by atoms with E-state index >= 15 is 0 Å². The molecule has 3 rings (SSSR count). The Morgan fingerprint density at radius 1 is 1.50 bits per heavy atom. The summed E-state index contributed by atoms with van der Waals surface area (Å²) in [6, 6.07) is 1.73. The number of rotatable bonds is 3. The lowest BCUT2D eigenvalue weighted by molar-refractivity contribution is 0.0380. The third-order valence-corrected chi connectivity index (χ3v) is 4.85. The number of aromatic nitrogens is 4. The van der Waals surface area contributed by atoms with Crippen LogP contribution in [0.4, 0.5) is 0 Å². The van der Waals surface area contributed by atoms with E-state index in [-0.39, 0.29) is 18.4 Å². The monoisotopic (exact) mass is 367 g/mol. The van der Waals surface area contributed by atoms with Gasteiger partial charge in [-0.1, -0.05) is 13.8 Å². The minimum absolute atomic E-state index is 0.189. The molecule has 1 amide bonds. The van der Waals surface area contributed by atoms with E-state index in [4.69, 9.17) is 0 Å². The molecule has 0 aliphatic carbocycles. The maximum absolute atomic E-state index is 12.6. The van der Waals surface area contributed by atoms with E-state index < -0.39 is 5.60 Å². The zero-order valence-electron chi connectivity index (χ0n) is 12.4. The van der Waals surface area contributed by atoms with Gasteiger partial charge in [0.2, 0.25) is 0 Å². The molecule has 3 N–H and O–H groups in total. The predicted octanol–water partition coefficient (Wildman–Crippen LogP) is 1.75. The molecule has 0 bridgehead atoms. The summed E-state index contributed by atoms with van der Waals surface area (Å²) >= 11 is 3.45. The van der Waals surface area contributed by atoms with Gasteiger partial charge >= 0.3 is 0 Å². The Labute approximate surface area is 136 Å². The zero-order chi connectivity index (χ0) is 15.9. The predicted molar refractivity (Wildman–Crippen MR) is 83.4 cm³/mol. The number of aliphatic hydroxyl groups is 1. The fourth-order valence-electron chi connectivity index (χ4n) is 2.72. The van der Waals surface area contributed by atoms with Gasteiger partial charge in [-0.3, -0.25) is 15.0 Å². The molecule has 0 radical (unpaired) electrons. The SMILES string of the molecule is CC(C)c1[nH]nc(C(=O)N2CCC(O)(c3ccn[nH]3)C2)c1Br. The van der Waals surface area contributed by atoms with E-state index in [9.17, 15) is 9.90 Å². The van der Waals surface area contributed by atoms with Gasteiger partial charge in [-0.2, -0.15) is 10.2 Å². The van der Waals surface area contributed by atoms with E-state index in [1.807, 2.05) is 13.8 Å². The van der Waals surface area contributed by atoms with E-state index in [1.165, 1.54) is 0 Å². The molecule has 0 spiro atoms. The molecule has 1 atom stereocenters. The summed E-state index contributed by atoms with van der Waals surface area (Å²) in [6.45, 7) is 4.76. The first-order chi connectivity index (χ1) is 10.4. The van der Waals surface area contributed by atoms with Crippen LogP contribution in [0.25, 0.3) is 0 Å². The van der Waals surface area contributed by atoms with E-state index in [1.54, 1.807) is 17.2 Å². The fraction of sp³-hybridized carbons (Fsp3) is 0.500. The molecule has 0 aromatic carbocycles. The number of carbonyl (C=O) groups is 1. The lowest BCUT2D eigenvalue weighted by Crippen LogP contribution is -2.35. The molecule has 0 saturated carbocycles. The second kappa shape index (κ2) is 5.51. The number of nitrogens with one attached hydrogen (secondary N) is 2. The largest absolute Gasteiger partial charge is 0.382 e. The Bertz CT molecular complexity index is 681. The molecule has 2 aromatic heterocycles. The minimum atomic E-state index is -1.07. The summed E-state index contributed by atoms with van der Waals surface area (Å²) in [5.74, 6) is 0.0504. The number of hydrogen-bond acceptors (Lipinski definition) is 4. The molecule has 22 heavy (non-hydrogen) atoms. The lowest BCUT2D eigenvalue weighted by Gasteiger charge is -2.21. The molecule has 1 saturated heterocycles. The summed E-state index contributed by atoms with van der Waals surface area (Å²) in [5.41, 5.74) is 0.811. The smallest absolute Gasteiger partial charge is 0.275 e. The number of aromatic amines is 2. The molecule has 1 unspecified atom stereocenters. The summed E-state index contributed by atoms with van der Waals surface area (Å²) < 4.78 is 0.699. The number of carbonyl (C=O) groups excluding carboxylic acids is 1. The molecular weight excluding hydrogens is 350 g/mol. The first-order valence-corrected chi connectivity index (χ1v) is 7.97. The maximum Gasteiger partial charge on any atom is 0.275 e. The summed E-state index contributed by atoms with van der Waals surface area (Å²) in [7, 11) is 0. The van der Waals surface area contributed by atoms with Crippen LogP contribution in [0, 0.1) is 0 Å². The van der Waals surface area contributed by atoms with Crippen molar-refractivity contribution in [1.29, 1.82) is 0 Å². The van der Waals surface area contributed by atoms with Crippen LogP contribution in [0.3, 0.4) is 0 Å². The number of amides is 1. The van der Waals surface area contributed by atoms with E-state index in [2.05, 4.69) is 36.3 Å². The van der Waals surface area contributed by atoms with Crippen molar-refractivity contribution in [2.75, 3.05) is 13.1 Å². The van der Waals surface area contributed by atoms with Gasteiger partial charge in [-0.25, -0.2) is 0 Å². The molecule has 1 fully saturated rings. The highest BCUT2D eigenvalue weighted by molar-refractivity contribution is 9.10. The van der Waals surface area contributed by atoms with Crippen molar-refractivity contribution in [3.8, 4) is 0 Å². The zero-order valence-corrected chi connectivity index (χ0v) is 14.0. The summed E-state index contributed by atoms with van der Waals surface area (Å²) in [4.78, 5) is 14.3. The topological polar surface area (TPSA) is 97.9 Å². The van der Waals surface area contributed by atoms with Crippen LogP contribution in [0.2, 0.25) is 0 Å². The van der Waals surface area contributed by atoms with E-state index in [0.717, 1.165) is 5.69 Å². The fourth-order valence-corrected chi connectivity index (χ4v) is 3.52. The molecule has 7 nitrogen and oxygen atoms in total. The molecule has 118 valence electrons. The number of β-amino-alcohol motifs (C(OH)–C–C–N with tert-alkyl or cyclic N) is 1. The van der Waals surface area contributed by atoms with Crippen molar-refractivity contribution in [1.82, 2.24) is 25.3 Å². The van der Waals surface area contributed by atoms with Crippen molar-refractivity contribution >= 4 is 21.8 Å². The molecule has 1 aliphatic rings. The second-order valence-electron chi connectivity index (χ2n) is 5.93. The Morgan fingerprint density at radius 3 is 2.86 bits per heavy atom. The average Bonchev–Trinajstić information content (AvgIpc) is 3.17. The van der Waals surface area contributed by atoms with Gasteiger partial charge < -0.3 is 10.0 Å². The quantitative estimate of drug-likeness (QED) is 0.769. The summed E-state index contributed by atoms with van der Waals surface area (Å²) in [6.07, 6.45) is 2.07. The molecule has 3 heterocycles. The van der Waals surface area contributed by atoms with Crippen molar-refractivity contribution in [2.45, 2.75) is 31.8 Å². The van der Waals surface area contributed by atoms with Gasteiger partial charge in [0.05, 0.1) is 22.4 Å². The van der Waals surface area contributed by atoms with Crippen LogP contribution in [0.5, 0.6) is 0 Å². The van der Waals surface area contributed by atoms with Gasteiger partial charge in [-0.15, -0.1) is 0 Å². The number of hydrogen-bond donors (Lipinski definition) is 3. The Balaban J connectivity index is 1.80. The van der Waals surface area contributed by atoms with Crippen molar-refractivity contribution in [3.05, 3.63) is 33.8 Å². The van der Waals surface area contributed by atoms with Crippen LogP contribution in [-0.2, 0) is 5.60 Å². The number of H-pyrrole nitrogens is 2. The van der Waals surface area contributed by atoms with Crippen LogP contribution < -0.4 is 0 Å². The summed E-state index contributed by atoms with van der Waals surface area (Å²) in [5, 5.41) is 24.3. The van der Waals surface area contributed by atoms with E-state index in [0.29, 0.717) is 28.8 Å². The highest BCUT2D eigenvalue weighted by atomic mass is 79.9. The van der Waals surface area contributed by atoms with Crippen molar-refractivity contribution in [3.63, 3.8) is 0 Å². The Morgan fingerprint density at radius 2 is 2.27 bits per heavy atom.